The summed E-state index contributed by atoms with van der Waals surface area (Å²) >= 11 is 0. The minimum Gasteiger partial charge on any atom is -0.412 e. The van der Waals surface area contributed by atoms with Crippen LogP contribution in [0.1, 0.15) is 128 Å². The third kappa shape index (κ3) is 9.70. The summed E-state index contributed by atoms with van der Waals surface area (Å²) in [4.78, 5) is 0. The van der Waals surface area contributed by atoms with Crippen molar-refractivity contribution in [2.24, 2.45) is 11.8 Å². The molecule has 0 amide bonds. The molecule has 4 fully saturated rings. The van der Waals surface area contributed by atoms with Crippen molar-refractivity contribution in [2.75, 3.05) is 13.2 Å². The number of rotatable bonds is 2. The van der Waals surface area contributed by atoms with Crippen LogP contribution in [-0.2, 0) is 9.47 Å². The van der Waals surface area contributed by atoms with E-state index < -0.39 is 0 Å². The summed E-state index contributed by atoms with van der Waals surface area (Å²) in [6.07, 6.45) is 29.5. The molecule has 4 aliphatic rings. The SMILES string of the molecule is C1CCCC(C2CCCCCO2)CC1.C1CCCC(C2CCCCCO2)CC1.O. The summed E-state index contributed by atoms with van der Waals surface area (Å²) in [5.74, 6) is 1.80. The van der Waals surface area contributed by atoms with E-state index in [0.29, 0.717) is 12.2 Å². The molecule has 172 valence electrons. The molecule has 0 aromatic carbocycles. The van der Waals surface area contributed by atoms with Crippen LogP contribution >= 0.6 is 0 Å². The topological polar surface area (TPSA) is 50.0 Å². The van der Waals surface area contributed by atoms with Crippen molar-refractivity contribution in [3.8, 4) is 0 Å². The lowest BCUT2D eigenvalue weighted by Crippen LogP contribution is -2.23. The Balaban J connectivity index is 0.000000200. The van der Waals surface area contributed by atoms with Gasteiger partial charge in [0.2, 0.25) is 0 Å². The molecular formula is C26H50O3. The lowest BCUT2D eigenvalue weighted by molar-refractivity contribution is 0.0115. The van der Waals surface area contributed by atoms with Gasteiger partial charge in [-0.2, -0.15) is 0 Å². The first-order valence-electron chi connectivity index (χ1n) is 13.2. The number of hydrogen-bond donors (Lipinski definition) is 0. The van der Waals surface area contributed by atoms with E-state index in [1.54, 1.807) is 0 Å². The first-order valence-corrected chi connectivity index (χ1v) is 13.2. The van der Waals surface area contributed by atoms with Gasteiger partial charge in [-0.25, -0.2) is 0 Å². The molecule has 3 heteroatoms. The molecule has 0 spiro atoms. The molecule has 2 saturated carbocycles. The van der Waals surface area contributed by atoms with Gasteiger partial charge >= 0.3 is 0 Å². The Bertz CT molecular complexity index is 282. The molecule has 4 rings (SSSR count). The Labute approximate surface area is 181 Å². The van der Waals surface area contributed by atoms with E-state index in [0.717, 1.165) is 25.0 Å². The molecule has 0 bridgehead atoms. The van der Waals surface area contributed by atoms with Crippen LogP contribution in [0.3, 0.4) is 0 Å². The summed E-state index contributed by atoms with van der Waals surface area (Å²) in [7, 11) is 0. The van der Waals surface area contributed by atoms with Gasteiger partial charge in [-0.1, -0.05) is 77.0 Å². The van der Waals surface area contributed by atoms with E-state index in [9.17, 15) is 0 Å². The Morgan fingerprint density at radius 3 is 1.03 bits per heavy atom. The molecule has 2 saturated heterocycles. The molecule has 0 aromatic heterocycles. The lowest BCUT2D eigenvalue weighted by Gasteiger charge is -2.24. The maximum Gasteiger partial charge on any atom is 0.0603 e. The van der Waals surface area contributed by atoms with Gasteiger partial charge in [0.1, 0.15) is 0 Å². The van der Waals surface area contributed by atoms with Crippen LogP contribution in [0, 0.1) is 11.8 Å². The smallest absolute Gasteiger partial charge is 0.0603 e. The monoisotopic (exact) mass is 410 g/mol. The zero-order valence-corrected chi connectivity index (χ0v) is 19.2. The van der Waals surface area contributed by atoms with Crippen LogP contribution < -0.4 is 0 Å². The van der Waals surface area contributed by atoms with Gasteiger partial charge < -0.3 is 14.9 Å². The molecule has 29 heavy (non-hydrogen) atoms. The summed E-state index contributed by atoms with van der Waals surface area (Å²) in [5.41, 5.74) is 0. The van der Waals surface area contributed by atoms with Crippen molar-refractivity contribution >= 4 is 0 Å². The van der Waals surface area contributed by atoms with Crippen molar-refractivity contribution < 1.29 is 14.9 Å². The minimum atomic E-state index is 0. The van der Waals surface area contributed by atoms with E-state index in [4.69, 9.17) is 9.47 Å². The van der Waals surface area contributed by atoms with E-state index >= 15 is 0 Å². The maximum atomic E-state index is 6.00. The normalized spacial score (nSPS) is 31.0. The maximum absolute atomic E-state index is 6.00. The van der Waals surface area contributed by atoms with Crippen LogP contribution in [0.15, 0.2) is 0 Å². The second-order valence-corrected chi connectivity index (χ2v) is 10.0. The van der Waals surface area contributed by atoms with Crippen LogP contribution in [0.25, 0.3) is 0 Å². The van der Waals surface area contributed by atoms with Crippen molar-refractivity contribution in [3.63, 3.8) is 0 Å². The first-order chi connectivity index (χ1) is 13.9. The summed E-state index contributed by atoms with van der Waals surface area (Å²) < 4.78 is 12.0. The standard InChI is InChI=1S/2C13H24O.H2O/c2*1-2-5-9-12(8-4-1)13-10-6-3-7-11-14-13;/h2*12-13H,1-11H2;1H2. The molecule has 2 heterocycles. The van der Waals surface area contributed by atoms with Crippen molar-refractivity contribution in [2.45, 2.75) is 141 Å². The van der Waals surface area contributed by atoms with Gasteiger partial charge in [0.15, 0.2) is 0 Å². The van der Waals surface area contributed by atoms with E-state index in [1.165, 1.54) is 128 Å². The highest BCUT2D eigenvalue weighted by molar-refractivity contribution is 4.76. The van der Waals surface area contributed by atoms with Gasteiger partial charge in [-0.3, -0.25) is 0 Å². The Hall–Kier alpha value is -0.120. The molecule has 0 aromatic rings. The Kier molecular flexibility index (Phi) is 13.6. The molecular weight excluding hydrogens is 360 g/mol. The average Bonchev–Trinajstić information content (AvgIpc) is 3.32. The van der Waals surface area contributed by atoms with E-state index in [1.807, 2.05) is 0 Å². The molecule has 2 atom stereocenters. The average molecular weight is 411 g/mol. The van der Waals surface area contributed by atoms with E-state index in [-0.39, 0.29) is 5.48 Å². The highest BCUT2D eigenvalue weighted by Gasteiger charge is 2.25. The molecule has 2 aliphatic carbocycles. The molecule has 0 radical (unpaired) electrons. The quantitative estimate of drug-likeness (QED) is 0.460. The first kappa shape index (κ1) is 25.1. The van der Waals surface area contributed by atoms with Gasteiger partial charge in [0, 0.05) is 13.2 Å². The predicted octanol–water partition coefficient (Wildman–Crippen LogP) is 7.01. The zero-order chi connectivity index (χ0) is 19.3. The fourth-order valence-electron chi connectivity index (χ4n) is 5.99. The second-order valence-electron chi connectivity index (χ2n) is 10.0. The van der Waals surface area contributed by atoms with Crippen molar-refractivity contribution in [3.05, 3.63) is 0 Å². The second kappa shape index (κ2) is 15.6. The minimum absolute atomic E-state index is 0. The van der Waals surface area contributed by atoms with Gasteiger partial charge in [0.05, 0.1) is 12.2 Å². The fraction of sp³-hybridized carbons (Fsp3) is 1.00. The zero-order valence-electron chi connectivity index (χ0n) is 19.2. The third-order valence-electron chi connectivity index (χ3n) is 7.78. The summed E-state index contributed by atoms with van der Waals surface area (Å²) in [6.45, 7) is 2.06. The van der Waals surface area contributed by atoms with Crippen LogP contribution in [0.2, 0.25) is 0 Å². The molecule has 3 nitrogen and oxygen atoms in total. The number of hydrogen-bond acceptors (Lipinski definition) is 2. The van der Waals surface area contributed by atoms with Crippen LogP contribution in [0.5, 0.6) is 0 Å². The Morgan fingerprint density at radius 2 is 0.655 bits per heavy atom. The largest absolute Gasteiger partial charge is 0.412 e. The summed E-state index contributed by atoms with van der Waals surface area (Å²) in [5, 5.41) is 0. The highest BCUT2D eigenvalue weighted by atomic mass is 16.5. The van der Waals surface area contributed by atoms with Gasteiger partial charge in [-0.05, 0) is 63.2 Å². The van der Waals surface area contributed by atoms with Crippen molar-refractivity contribution in [1.82, 2.24) is 0 Å². The predicted molar refractivity (Wildman–Crippen MR) is 122 cm³/mol. The summed E-state index contributed by atoms with van der Waals surface area (Å²) in [6, 6.07) is 0. The van der Waals surface area contributed by atoms with Crippen LogP contribution in [-0.4, -0.2) is 30.9 Å². The van der Waals surface area contributed by atoms with E-state index in [2.05, 4.69) is 0 Å². The molecule has 2 N–H and O–H groups in total. The van der Waals surface area contributed by atoms with Gasteiger partial charge in [-0.15, -0.1) is 0 Å². The molecule has 2 aliphatic heterocycles. The van der Waals surface area contributed by atoms with Crippen molar-refractivity contribution in [1.29, 1.82) is 0 Å². The van der Waals surface area contributed by atoms with Crippen LogP contribution in [0.4, 0.5) is 0 Å². The van der Waals surface area contributed by atoms with Gasteiger partial charge in [0.25, 0.3) is 0 Å². The Morgan fingerprint density at radius 1 is 0.345 bits per heavy atom. The molecule has 2 unspecified atom stereocenters. The highest BCUT2D eigenvalue weighted by Crippen LogP contribution is 2.32. The third-order valence-corrected chi connectivity index (χ3v) is 7.78. The lowest BCUT2D eigenvalue weighted by atomic mass is 9.91. The number of ether oxygens (including phenoxy) is 2. The fourth-order valence-corrected chi connectivity index (χ4v) is 5.99.